The zero-order valence-electron chi connectivity index (χ0n) is 11.9. The Morgan fingerprint density at radius 3 is 2.37 bits per heavy atom. The second kappa shape index (κ2) is 8.05. The molecule has 0 saturated carbocycles. The lowest BCUT2D eigenvalue weighted by atomic mass is 10.2. The first kappa shape index (κ1) is 15.8. The maximum Gasteiger partial charge on any atom is 0.263 e. The van der Waals surface area contributed by atoms with Gasteiger partial charge in [0.1, 0.15) is 5.75 Å². The minimum atomic E-state index is -0.516. The molecular weight excluding hydrogens is 262 g/mol. The van der Waals surface area contributed by atoms with E-state index in [0.717, 1.165) is 25.9 Å². The monoisotopic (exact) mass is 283 g/mol. The number of amides is 1. The van der Waals surface area contributed by atoms with Crippen LogP contribution in [0.25, 0.3) is 0 Å². The number of hydrogen-bond acceptors (Lipinski definition) is 2. The first-order valence-electron chi connectivity index (χ1n) is 6.80. The Morgan fingerprint density at radius 1 is 1.26 bits per heavy atom. The normalized spacial score (nSPS) is 12.0. The highest BCUT2D eigenvalue weighted by molar-refractivity contribution is 6.32. The Kier molecular flexibility index (Phi) is 6.71. The molecule has 0 aliphatic heterocycles. The average Bonchev–Trinajstić information content (AvgIpc) is 2.40. The summed E-state index contributed by atoms with van der Waals surface area (Å²) >= 11 is 6.02. The summed E-state index contributed by atoms with van der Waals surface area (Å²) in [7, 11) is 0. The van der Waals surface area contributed by atoms with Gasteiger partial charge in [0.2, 0.25) is 0 Å². The van der Waals surface area contributed by atoms with E-state index in [1.165, 1.54) is 0 Å². The van der Waals surface area contributed by atoms with Crippen LogP contribution in [-0.2, 0) is 4.79 Å². The van der Waals surface area contributed by atoms with E-state index in [-0.39, 0.29) is 5.91 Å². The van der Waals surface area contributed by atoms with Crippen molar-refractivity contribution in [3.63, 3.8) is 0 Å². The largest absolute Gasteiger partial charge is 0.479 e. The molecule has 0 N–H and O–H groups in total. The number of para-hydroxylation sites is 1. The molecule has 19 heavy (non-hydrogen) atoms. The fourth-order valence-electron chi connectivity index (χ4n) is 1.91. The van der Waals surface area contributed by atoms with Crippen molar-refractivity contribution in [2.75, 3.05) is 13.1 Å². The average molecular weight is 284 g/mol. The van der Waals surface area contributed by atoms with Gasteiger partial charge in [-0.25, -0.2) is 0 Å². The van der Waals surface area contributed by atoms with Crippen molar-refractivity contribution < 1.29 is 9.53 Å². The van der Waals surface area contributed by atoms with E-state index >= 15 is 0 Å². The molecule has 0 aliphatic rings. The summed E-state index contributed by atoms with van der Waals surface area (Å²) in [6.07, 6.45) is 1.38. The Bertz CT molecular complexity index is 403. The predicted molar refractivity (Wildman–Crippen MR) is 78.7 cm³/mol. The third kappa shape index (κ3) is 4.75. The molecule has 0 bridgehead atoms. The van der Waals surface area contributed by atoms with Crippen LogP contribution in [0.3, 0.4) is 0 Å². The van der Waals surface area contributed by atoms with Gasteiger partial charge >= 0.3 is 0 Å². The molecule has 0 radical (unpaired) electrons. The maximum absolute atomic E-state index is 12.3. The Balaban J connectivity index is 2.68. The standard InChI is InChI=1S/C15H22ClNO2/c1-4-10-17(11-5-2)15(18)12(3)19-14-9-7-6-8-13(14)16/h6-9,12H,4-5,10-11H2,1-3H3. The molecule has 1 aromatic carbocycles. The van der Waals surface area contributed by atoms with E-state index in [1.54, 1.807) is 19.1 Å². The van der Waals surface area contributed by atoms with Crippen LogP contribution < -0.4 is 4.74 Å². The van der Waals surface area contributed by atoms with Gasteiger partial charge in [0, 0.05) is 13.1 Å². The number of benzene rings is 1. The van der Waals surface area contributed by atoms with E-state index in [9.17, 15) is 4.79 Å². The van der Waals surface area contributed by atoms with Crippen LogP contribution in [0.15, 0.2) is 24.3 Å². The molecule has 1 aromatic rings. The zero-order chi connectivity index (χ0) is 14.3. The zero-order valence-corrected chi connectivity index (χ0v) is 12.6. The first-order chi connectivity index (χ1) is 9.10. The lowest BCUT2D eigenvalue weighted by molar-refractivity contribution is -0.138. The van der Waals surface area contributed by atoms with Crippen LogP contribution in [0.1, 0.15) is 33.6 Å². The Morgan fingerprint density at radius 2 is 1.84 bits per heavy atom. The second-order valence-corrected chi connectivity index (χ2v) is 4.92. The lowest BCUT2D eigenvalue weighted by Crippen LogP contribution is -2.41. The topological polar surface area (TPSA) is 29.5 Å². The number of halogens is 1. The molecular formula is C15H22ClNO2. The minimum absolute atomic E-state index is 0.0172. The Hall–Kier alpha value is -1.22. The third-order valence-corrected chi connectivity index (χ3v) is 3.10. The molecule has 0 saturated heterocycles. The summed E-state index contributed by atoms with van der Waals surface area (Å²) in [5, 5.41) is 0.527. The summed E-state index contributed by atoms with van der Waals surface area (Å²) in [4.78, 5) is 14.1. The molecule has 3 nitrogen and oxygen atoms in total. The van der Waals surface area contributed by atoms with Gasteiger partial charge in [-0.3, -0.25) is 4.79 Å². The number of carbonyl (C=O) groups is 1. The molecule has 106 valence electrons. The number of hydrogen-bond donors (Lipinski definition) is 0. The smallest absolute Gasteiger partial charge is 0.263 e. The van der Waals surface area contributed by atoms with Crippen LogP contribution in [-0.4, -0.2) is 30.0 Å². The SMILES string of the molecule is CCCN(CCC)C(=O)C(C)Oc1ccccc1Cl. The van der Waals surface area contributed by atoms with E-state index in [1.807, 2.05) is 17.0 Å². The van der Waals surface area contributed by atoms with E-state index in [4.69, 9.17) is 16.3 Å². The summed E-state index contributed by atoms with van der Waals surface area (Å²) < 4.78 is 5.66. The van der Waals surface area contributed by atoms with E-state index in [0.29, 0.717) is 10.8 Å². The predicted octanol–water partition coefficient (Wildman–Crippen LogP) is 3.76. The third-order valence-electron chi connectivity index (χ3n) is 2.79. The van der Waals surface area contributed by atoms with Gasteiger partial charge < -0.3 is 9.64 Å². The number of rotatable bonds is 7. The van der Waals surface area contributed by atoms with Crippen LogP contribution >= 0.6 is 11.6 Å². The van der Waals surface area contributed by atoms with Crippen molar-refractivity contribution in [2.24, 2.45) is 0 Å². The number of ether oxygens (including phenoxy) is 1. The number of nitrogens with zero attached hydrogens (tertiary/aromatic N) is 1. The molecule has 1 atom stereocenters. The highest BCUT2D eigenvalue weighted by Crippen LogP contribution is 2.24. The van der Waals surface area contributed by atoms with Crippen molar-refractivity contribution >= 4 is 17.5 Å². The molecule has 1 unspecified atom stereocenters. The molecule has 0 heterocycles. The molecule has 0 aromatic heterocycles. The van der Waals surface area contributed by atoms with E-state index < -0.39 is 6.10 Å². The van der Waals surface area contributed by atoms with Gasteiger partial charge in [-0.2, -0.15) is 0 Å². The van der Waals surface area contributed by atoms with Crippen LogP contribution in [0.2, 0.25) is 5.02 Å². The fourth-order valence-corrected chi connectivity index (χ4v) is 2.09. The minimum Gasteiger partial charge on any atom is -0.479 e. The Labute approximate surface area is 120 Å². The summed E-state index contributed by atoms with van der Waals surface area (Å²) in [6, 6.07) is 7.20. The van der Waals surface area contributed by atoms with Gasteiger partial charge in [0.25, 0.3) is 5.91 Å². The quantitative estimate of drug-likeness (QED) is 0.763. The van der Waals surface area contributed by atoms with Crippen LogP contribution in [0, 0.1) is 0 Å². The summed E-state index contributed by atoms with van der Waals surface area (Å²) in [6.45, 7) is 7.43. The van der Waals surface area contributed by atoms with Crippen LogP contribution in [0.5, 0.6) is 5.75 Å². The molecule has 4 heteroatoms. The highest BCUT2D eigenvalue weighted by atomic mass is 35.5. The first-order valence-corrected chi connectivity index (χ1v) is 7.17. The fraction of sp³-hybridized carbons (Fsp3) is 0.533. The van der Waals surface area contributed by atoms with Crippen molar-refractivity contribution in [2.45, 2.75) is 39.7 Å². The van der Waals surface area contributed by atoms with Gasteiger partial charge in [0.15, 0.2) is 6.10 Å². The van der Waals surface area contributed by atoms with E-state index in [2.05, 4.69) is 13.8 Å². The maximum atomic E-state index is 12.3. The summed E-state index contributed by atoms with van der Waals surface area (Å²) in [5.74, 6) is 0.571. The van der Waals surface area contributed by atoms with Gasteiger partial charge in [0.05, 0.1) is 5.02 Å². The lowest BCUT2D eigenvalue weighted by Gasteiger charge is -2.25. The van der Waals surface area contributed by atoms with Gasteiger partial charge in [-0.05, 0) is 31.9 Å². The molecule has 0 spiro atoms. The molecule has 1 amide bonds. The van der Waals surface area contributed by atoms with Gasteiger partial charge in [-0.1, -0.05) is 37.6 Å². The van der Waals surface area contributed by atoms with Crippen molar-refractivity contribution in [3.8, 4) is 5.75 Å². The van der Waals surface area contributed by atoms with Crippen molar-refractivity contribution in [1.29, 1.82) is 0 Å². The van der Waals surface area contributed by atoms with Crippen molar-refractivity contribution in [1.82, 2.24) is 4.90 Å². The summed E-state index contributed by atoms with van der Waals surface area (Å²) in [5.41, 5.74) is 0. The van der Waals surface area contributed by atoms with Crippen molar-refractivity contribution in [3.05, 3.63) is 29.3 Å². The highest BCUT2D eigenvalue weighted by Gasteiger charge is 2.21. The second-order valence-electron chi connectivity index (χ2n) is 4.52. The molecule has 1 rings (SSSR count). The molecule has 0 fully saturated rings. The molecule has 0 aliphatic carbocycles. The van der Waals surface area contributed by atoms with Gasteiger partial charge in [-0.15, -0.1) is 0 Å². The number of carbonyl (C=O) groups excluding carboxylic acids is 1. The van der Waals surface area contributed by atoms with Crippen LogP contribution in [0.4, 0.5) is 0 Å².